The molecule has 0 amide bonds. The monoisotopic (exact) mass is 457 g/mol. The van der Waals surface area contributed by atoms with E-state index < -0.39 is 0 Å². The van der Waals surface area contributed by atoms with Crippen LogP contribution in [-0.4, -0.2) is 14.6 Å². The summed E-state index contributed by atoms with van der Waals surface area (Å²) in [5.74, 6) is 0.673. The van der Waals surface area contributed by atoms with E-state index in [1.807, 2.05) is 53.2 Å². The van der Waals surface area contributed by atoms with Crippen LogP contribution in [-0.2, 0) is 0 Å². The number of halogens is 1. The number of fused-ring (bicyclic) bond motifs is 1. The average molecular weight is 458 g/mol. The van der Waals surface area contributed by atoms with Gasteiger partial charge in [0.25, 0.3) is 0 Å². The van der Waals surface area contributed by atoms with Crippen LogP contribution < -0.4 is 0 Å². The Kier molecular flexibility index (Phi) is 5.17. The van der Waals surface area contributed by atoms with Crippen molar-refractivity contribution in [2.45, 2.75) is 0 Å². The Bertz CT molecular complexity index is 1530. The van der Waals surface area contributed by atoms with Crippen molar-refractivity contribution < 1.29 is 0 Å². The van der Waals surface area contributed by atoms with Gasteiger partial charge in [0.1, 0.15) is 0 Å². The summed E-state index contributed by atoms with van der Waals surface area (Å²) in [4.78, 5) is 4.90. The highest BCUT2D eigenvalue weighted by Crippen LogP contribution is 2.34. The first-order valence-corrected chi connectivity index (χ1v) is 11.5. The molecule has 0 aliphatic carbocycles. The van der Waals surface area contributed by atoms with Crippen LogP contribution in [0.2, 0.25) is 5.02 Å². The Labute approximate surface area is 202 Å². The van der Waals surface area contributed by atoms with E-state index in [0.29, 0.717) is 10.8 Å². The van der Waals surface area contributed by atoms with Crippen LogP contribution in [0.4, 0.5) is 0 Å². The van der Waals surface area contributed by atoms with Gasteiger partial charge in [0.05, 0.1) is 0 Å². The molecule has 4 heteroatoms. The van der Waals surface area contributed by atoms with Crippen LogP contribution in [0.1, 0.15) is 0 Å². The molecule has 162 valence electrons. The van der Waals surface area contributed by atoms with Gasteiger partial charge in [0.15, 0.2) is 11.5 Å². The van der Waals surface area contributed by atoms with Crippen molar-refractivity contribution in [2.75, 3.05) is 0 Å². The quantitative estimate of drug-likeness (QED) is 0.268. The van der Waals surface area contributed by atoms with Gasteiger partial charge in [-0.3, -0.25) is 0 Å². The van der Waals surface area contributed by atoms with E-state index in [0.717, 1.165) is 33.5 Å². The van der Waals surface area contributed by atoms with Crippen molar-refractivity contribution in [3.05, 3.63) is 126 Å². The molecule has 34 heavy (non-hydrogen) atoms. The van der Waals surface area contributed by atoms with Crippen LogP contribution in [0.25, 0.3) is 50.4 Å². The van der Waals surface area contributed by atoms with Crippen LogP contribution in [0.5, 0.6) is 0 Å². The van der Waals surface area contributed by atoms with Crippen LogP contribution in [0.15, 0.2) is 121 Å². The lowest BCUT2D eigenvalue weighted by molar-refractivity contribution is 0.967. The third kappa shape index (κ3) is 3.87. The first-order valence-electron chi connectivity index (χ1n) is 11.1. The summed E-state index contributed by atoms with van der Waals surface area (Å²) in [6.45, 7) is 0. The van der Waals surface area contributed by atoms with E-state index in [4.69, 9.17) is 21.7 Å². The minimum absolute atomic E-state index is 0.673. The Morgan fingerprint density at radius 2 is 1.12 bits per heavy atom. The summed E-state index contributed by atoms with van der Waals surface area (Å²) < 4.78 is 1.84. The van der Waals surface area contributed by atoms with E-state index in [9.17, 15) is 0 Å². The summed E-state index contributed by atoms with van der Waals surface area (Å²) >= 11 is 6.07. The van der Waals surface area contributed by atoms with Gasteiger partial charge in [-0.1, -0.05) is 72.3 Å². The fraction of sp³-hybridized carbons (Fsp3) is 0. The molecule has 0 atom stereocenters. The number of benzene rings is 4. The number of hydrogen-bond acceptors (Lipinski definition) is 2. The second-order valence-corrected chi connectivity index (χ2v) is 8.60. The summed E-state index contributed by atoms with van der Waals surface area (Å²) in [6.07, 6.45) is 1.93. The molecule has 0 N–H and O–H groups in total. The standard InChI is InChI=1S/C30H20ClN3/c31-27-15-13-23(14-16-27)29-32-30-28(12-7-17-34(30)33-29)26-19-24(21-8-3-1-4-9-21)18-25(20-26)22-10-5-2-6-11-22/h1-20H. The van der Waals surface area contributed by atoms with Crippen molar-refractivity contribution >= 4 is 17.2 Å². The maximum Gasteiger partial charge on any atom is 0.182 e. The lowest BCUT2D eigenvalue weighted by atomic mass is 9.93. The second-order valence-electron chi connectivity index (χ2n) is 8.16. The van der Waals surface area contributed by atoms with Crippen molar-refractivity contribution in [1.29, 1.82) is 0 Å². The number of aromatic nitrogens is 3. The molecule has 4 aromatic carbocycles. The molecular weight excluding hydrogens is 438 g/mol. The topological polar surface area (TPSA) is 30.2 Å². The highest BCUT2D eigenvalue weighted by molar-refractivity contribution is 6.30. The Morgan fingerprint density at radius 3 is 1.74 bits per heavy atom. The Morgan fingerprint density at radius 1 is 0.529 bits per heavy atom. The summed E-state index contributed by atoms with van der Waals surface area (Å²) in [7, 11) is 0. The fourth-order valence-electron chi connectivity index (χ4n) is 4.23. The van der Waals surface area contributed by atoms with E-state index in [2.05, 4.69) is 72.8 Å². The first kappa shape index (κ1) is 20.4. The highest BCUT2D eigenvalue weighted by atomic mass is 35.5. The molecule has 3 nitrogen and oxygen atoms in total. The van der Waals surface area contributed by atoms with Gasteiger partial charge in [-0.05, 0) is 82.4 Å². The second kappa shape index (κ2) is 8.62. The molecule has 0 unspecified atom stereocenters. The third-order valence-electron chi connectivity index (χ3n) is 5.92. The van der Waals surface area contributed by atoms with Gasteiger partial charge in [-0.15, -0.1) is 5.10 Å². The third-order valence-corrected chi connectivity index (χ3v) is 6.17. The predicted molar refractivity (Wildman–Crippen MR) is 140 cm³/mol. The Hall–Kier alpha value is -4.21. The molecule has 0 radical (unpaired) electrons. The zero-order chi connectivity index (χ0) is 22.9. The molecule has 6 aromatic rings. The van der Waals surface area contributed by atoms with Crippen molar-refractivity contribution in [3.8, 4) is 44.8 Å². The average Bonchev–Trinajstić information content (AvgIpc) is 3.34. The van der Waals surface area contributed by atoms with Gasteiger partial charge in [-0.2, -0.15) is 0 Å². The molecule has 0 aliphatic rings. The zero-order valence-corrected chi connectivity index (χ0v) is 19.0. The number of hydrogen-bond donors (Lipinski definition) is 0. The van der Waals surface area contributed by atoms with Gasteiger partial charge >= 0.3 is 0 Å². The van der Waals surface area contributed by atoms with E-state index in [1.54, 1.807) is 0 Å². The predicted octanol–water partition coefficient (Wildman–Crippen LogP) is 8.05. The van der Waals surface area contributed by atoms with Crippen LogP contribution in [0, 0.1) is 0 Å². The molecule has 0 aliphatic heterocycles. The molecule has 6 rings (SSSR count). The minimum atomic E-state index is 0.673. The molecule has 2 heterocycles. The van der Waals surface area contributed by atoms with Crippen molar-refractivity contribution in [3.63, 3.8) is 0 Å². The lowest BCUT2D eigenvalue weighted by Gasteiger charge is -2.11. The molecule has 2 aromatic heterocycles. The number of nitrogens with zero attached hydrogens (tertiary/aromatic N) is 3. The maximum atomic E-state index is 6.07. The highest BCUT2D eigenvalue weighted by Gasteiger charge is 2.14. The van der Waals surface area contributed by atoms with Gasteiger partial charge in [0, 0.05) is 22.3 Å². The van der Waals surface area contributed by atoms with Crippen LogP contribution in [0.3, 0.4) is 0 Å². The van der Waals surface area contributed by atoms with E-state index >= 15 is 0 Å². The summed E-state index contributed by atoms with van der Waals surface area (Å²) in [6, 6.07) is 39.4. The van der Waals surface area contributed by atoms with Crippen molar-refractivity contribution in [2.24, 2.45) is 0 Å². The maximum absolute atomic E-state index is 6.07. The Balaban J connectivity index is 1.55. The SMILES string of the molecule is Clc1ccc(-c2nc3c(-c4cc(-c5ccccc5)cc(-c5ccccc5)c4)cccn3n2)cc1. The van der Waals surface area contributed by atoms with E-state index in [-0.39, 0.29) is 0 Å². The molecule has 0 saturated heterocycles. The molecule has 0 bridgehead atoms. The first-order chi connectivity index (χ1) is 16.7. The van der Waals surface area contributed by atoms with Gasteiger partial charge < -0.3 is 0 Å². The normalized spacial score (nSPS) is 11.1. The zero-order valence-electron chi connectivity index (χ0n) is 18.3. The largest absolute Gasteiger partial charge is 0.220 e. The lowest BCUT2D eigenvalue weighted by Crippen LogP contribution is -1.91. The van der Waals surface area contributed by atoms with Crippen LogP contribution >= 0.6 is 11.6 Å². The smallest absolute Gasteiger partial charge is 0.182 e. The molecule has 0 saturated carbocycles. The van der Waals surface area contributed by atoms with Crippen molar-refractivity contribution in [1.82, 2.24) is 14.6 Å². The number of pyridine rings is 1. The minimum Gasteiger partial charge on any atom is -0.220 e. The van der Waals surface area contributed by atoms with Gasteiger partial charge in [0.2, 0.25) is 0 Å². The molecule has 0 spiro atoms. The van der Waals surface area contributed by atoms with E-state index in [1.165, 1.54) is 11.1 Å². The summed E-state index contributed by atoms with van der Waals surface area (Å²) in [5, 5.41) is 5.42. The fourth-order valence-corrected chi connectivity index (χ4v) is 4.36. The summed E-state index contributed by atoms with van der Waals surface area (Å²) in [5.41, 5.74) is 8.56. The number of rotatable bonds is 4. The molecular formula is C30H20ClN3. The van der Waals surface area contributed by atoms with Gasteiger partial charge in [-0.25, -0.2) is 9.50 Å². The molecule has 0 fully saturated rings.